The summed E-state index contributed by atoms with van der Waals surface area (Å²) in [6.45, 7) is 4.05. The summed E-state index contributed by atoms with van der Waals surface area (Å²) >= 11 is 2.71. The number of carbonyl (C=O) groups excluding carboxylic acids is 2. The maximum Gasteiger partial charge on any atom is 0.311 e. The predicted molar refractivity (Wildman–Crippen MR) is 94.2 cm³/mol. The molecule has 0 aliphatic heterocycles. The predicted octanol–water partition coefficient (Wildman–Crippen LogP) is 2.49. The molecule has 0 fully saturated rings. The molecule has 7 nitrogen and oxygen atoms in total. The van der Waals surface area contributed by atoms with Gasteiger partial charge in [0.2, 0.25) is 5.91 Å². The van der Waals surface area contributed by atoms with E-state index in [2.05, 4.69) is 15.3 Å². The highest BCUT2D eigenvalue weighted by Gasteiger charge is 2.21. The van der Waals surface area contributed by atoms with Crippen LogP contribution in [0.15, 0.2) is 22.9 Å². The number of hydrogen-bond acceptors (Lipinski definition) is 7. The smallest absolute Gasteiger partial charge is 0.311 e. The van der Waals surface area contributed by atoms with E-state index in [0.717, 1.165) is 5.16 Å². The molecule has 2 rings (SSSR count). The number of anilines is 1. The van der Waals surface area contributed by atoms with Crippen LogP contribution in [0.5, 0.6) is 0 Å². The average molecular weight is 368 g/mol. The van der Waals surface area contributed by atoms with Crippen LogP contribution < -0.4 is 5.32 Å². The van der Waals surface area contributed by atoms with Crippen molar-refractivity contribution in [2.75, 3.05) is 11.9 Å². The fourth-order valence-electron chi connectivity index (χ4n) is 1.91. The number of hydrogen-bond donors (Lipinski definition) is 1. The summed E-state index contributed by atoms with van der Waals surface area (Å²) in [5.41, 5.74) is 0.596. The number of amides is 1. The van der Waals surface area contributed by atoms with Gasteiger partial charge in [-0.15, -0.1) is 11.3 Å². The number of rotatable bonds is 8. The van der Waals surface area contributed by atoms with E-state index >= 15 is 0 Å². The maximum atomic E-state index is 12.4. The van der Waals surface area contributed by atoms with Gasteiger partial charge in [0, 0.05) is 24.8 Å². The van der Waals surface area contributed by atoms with Gasteiger partial charge in [-0.05, 0) is 13.3 Å². The largest absolute Gasteiger partial charge is 0.466 e. The number of nitrogens with one attached hydrogen (secondary N) is 1. The molecule has 0 aromatic carbocycles. The van der Waals surface area contributed by atoms with Gasteiger partial charge in [0.1, 0.15) is 0 Å². The molecule has 0 spiro atoms. The first-order valence-electron chi connectivity index (χ1n) is 7.58. The topological polar surface area (TPSA) is 86.1 Å². The van der Waals surface area contributed by atoms with Crippen LogP contribution in [0.2, 0.25) is 0 Å². The molecule has 0 bridgehead atoms. The average Bonchev–Trinajstić information content (AvgIpc) is 3.14. The van der Waals surface area contributed by atoms with Crippen LogP contribution >= 0.6 is 23.1 Å². The summed E-state index contributed by atoms with van der Waals surface area (Å²) in [7, 11) is 1.89. The van der Waals surface area contributed by atoms with E-state index in [0.29, 0.717) is 23.9 Å². The van der Waals surface area contributed by atoms with E-state index in [-0.39, 0.29) is 23.5 Å². The molecule has 9 heteroatoms. The summed E-state index contributed by atoms with van der Waals surface area (Å²) in [5.74, 6) is -0.444. The Morgan fingerprint density at radius 2 is 2.25 bits per heavy atom. The van der Waals surface area contributed by atoms with E-state index in [1.807, 2.05) is 24.7 Å². The number of carbonyl (C=O) groups is 2. The summed E-state index contributed by atoms with van der Waals surface area (Å²) in [6, 6.07) is 0. The van der Waals surface area contributed by atoms with Crippen LogP contribution in [0.4, 0.5) is 5.13 Å². The number of esters is 1. The second-order valence-corrected chi connectivity index (χ2v) is 6.98. The molecule has 1 amide bonds. The Morgan fingerprint density at radius 1 is 1.46 bits per heavy atom. The van der Waals surface area contributed by atoms with Gasteiger partial charge < -0.3 is 14.6 Å². The van der Waals surface area contributed by atoms with Crippen molar-refractivity contribution in [3.63, 3.8) is 0 Å². The Labute approximate surface area is 148 Å². The van der Waals surface area contributed by atoms with Gasteiger partial charge in [-0.3, -0.25) is 9.59 Å². The van der Waals surface area contributed by atoms with Gasteiger partial charge in [0.15, 0.2) is 10.3 Å². The summed E-state index contributed by atoms with van der Waals surface area (Å²) in [5, 5.41) is 5.57. The third kappa shape index (κ3) is 5.07. The number of imidazole rings is 1. The summed E-state index contributed by atoms with van der Waals surface area (Å²) in [4.78, 5) is 32.4. The van der Waals surface area contributed by atoms with Gasteiger partial charge in [-0.1, -0.05) is 18.7 Å². The Bertz CT molecular complexity index is 698. The summed E-state index contributed by atoms with van der Waals surface area (Å²) < 4.78 is 6.76. The van der Waals surface area contributed by atoms with Crippen molar-refractivity contribution in [3.8, 4) is 0 Å². The Morgan fingerprint density at radius 3 is 2.88 bits per heavy atom. The van der Waals surface area contributed by atoms with Crippen molar-refractivity contribution in [1.29, 1.82) is 0 Å². The van der Waals surface area contributed by atoms with Crippen LogP contribution in [0, 0.1) is 0 Å². The minimum absolute atomic E-state index is 0.111. The molecule has 0 saturated heterocycles. The number of nitrogens with zero attached hydrogens (tertiary/aromatic N) is 3. The van der Waals surface area contributed by atoms with E-state index in [4.69, 9.17) is 4.74 Å². The van der Waals surface area contributed by atoms with Crippen molar-refractivity contribution in [2.45, 2.75) is 37.1 Å². The zero-order chi connectivity index (χ0) is 17.5. The molecule has 2 heterocycles. The maximum absolute atomic E-state index is 12.4. The first kappa shape index (κ1) is 18.5. The van der Waals surface area contributed by atoms with Crippen LogP contribution in [-0.2, 0) is 27.8 Å². The molecule has 0 radical (unpaired) electrons. The normalized spacial score (nSPS) is 12.0. The molecule has 1 atom stereocenters. The molecule has 2 aromatic rings. The second-order valence-electron chi connectivity index (χ2n) is 4.95. The Kier molecular flexibility index (Phi) is 6.80. The van der Waals surface area contributed by atoms with E-state index in [9.17, 15) is 9.59 Å². The SMILES string of the molecule is CCOC(=O)Cc1csc(NC(=O)C(CC)Sc2nccn2C)n1. The second kappa shape index (κ2) is 8.84. The van der Waals surface area contributed by atoms with Crippen molar-refractivity contribution in [3.05, 3.63) is 23.5 Å². The van der Waals surface area contributed by atoms with Gasteiger partial charge in [0.25, 0.3) is 0 Å². The Balaban J connectivity index is 1.94. The van der Waals surface area contributed by atoms with Crippen LogP contribution in [0.3, 0.4) is 0 Å². The third-order valence-corrected chi connectivity index (χ3v) is 5.34. The highest BCUT2D eigenvalue weighted by atomic mass is 32.2. The lowest BCUT2D eigenvalue weighted by molar-refractivity contribution is -0.142. The summed E-state index contributed by atoms with van der Waals surface area (Å²) in [6.07, 6.45) is 4.33. The van der Waals surface area contributed by atoms with Crippen LogP contribution in [0.1, 0.15) is 26.0 Å². The number of thiazole rings is 1. The van der Waals surface area contributed by atoms with Crippen molar-refractivity contribution >= 4 is 40.1 Å². The monoisotopic (exact) mass is 368 g/mol. The molecular formula is C15H20N4O3S2. The fourth-order valence-corrected chi connectivity index (χ4v) is 3.56. The van der Waals surface area contributed by atoms with E-state index < -0.39 is 0 Å². The minimum Gasteiger partial charge on any atom is -0.466 e. The lowest BCUT2D eigenvalue weighted by Crippen LogP contribution is -2.25. The highest BCUT2D eigenvalue weighted by molar-refractivity contribution is 8.00. The zero-order valence-corrected chi connectivity index (χ0v) is 15.4. The van der Waals surface area contributed by atoms with Crippen molar-refractivity contribution in [1.82, 2.24) is 14.5 Å². The van der Waals surface area contributed by atoms with E-state index in [1.165, 1.54) is 23.1 Å². The molecule has 1 unspecified atom stereocenters. The molecule has 2 aromatic heterocycles. The number of aromatic nitrogens is 3. The molecule has 1 N–H and O–H groups in total. The fraction of sp³-hybridized carbons (Fsp3) is 0.467. The molecule has 0 aliphatic carbocycles. The third-order valence-electron chi connectivity index (χ3n) is 3.10. The van der Waals surface area contributed by atoms with Crippen molar-refractivity contribution < 1.29 is 14.3 Å². The molecular weight excluding hydrogens is 348 g/mol. The van der Waals surface area contributed by atoms with Gasteiger partial charge >= 0.3 is 5.97 Å². The number of ether oxygens (including phenoxy) is 1. The quantitative estimate of drug-likeness (QED) is 0.569. The van der Waals surface area contributed by atoms with Crippen LogP contribution in [-0.4, -0.2) is 38.3 Å². The van der Waals surface area contributed by atoms with Gasteiger partial charge in [0.05, 0.1) is 24.0 Å². The Hall–Kier alpha value is -1.87. The highest BCUT2D eigenvalue weighted by Crippen LogP contribution is 2.25. The lowest BCUT2D eigenvalue weighted by Gasteiger charge is -2.12. The number of thioether (sulfide) groups is 1. The molecule has 0 saturated carbocycles. The molecule has 24 heavy (non-hydrogen) atoms. The number of aryl methyl sites for hydroxylation is 1. The van der Waals surface area contributed by atoms with E-state index in [1.54, 1.807) is 18.5 Å². The zero-order valence-electron chi connectivity index (χ0n) is 13.8. The first-order valence-corrected chi connectivity index (χ1v) is 9.34. The van der Waals surface area contributed by atoms with Crippen LogP contribution in [0.25, 0.3) is 0 Å². The molecule has 0 aliphatic rings. The van der Waals surface area contributed by atoms with Crippen molar-refractivity contribution in [2.24, 2.45) is 7.05 Å². The molecule has 130 valence electrons. The van der Waals surface area contributed by atoms with Gasteiger partial charge in [-0.2, -0.15) is 0 Å². The standard InChI is InChI=1S/C15H20N4O3S2/c1-4-11(24-15-16-6-7-19(15)3)13(21)18-14-17-10(9-23-14)8-12(20)22-5-2/h6-7,9,11H,4-5,8H2,1-3H3,(H,17,18,21). The lowest BCUT2D eigenvalue weighted by atomic mass is 10.3. The minimum atomic E-state index is -0.322. The van der Waals surface area contributed by atoms with Gasteiger partial charge in [-0.25, -0.2) is 9.97 Å². The first-order chi connectivity index (χ1) is 11.5.